The zero-order valence-corrected chi connectivity index (χ0v) is 31.2. The van der Waals surface area contributed by atoms with Crippen molar-refractivity contribution < 1.29 is 186 Å². The molecule has 0 fully saturated rings. The summed E-state index contributed by atoms with van der Waals surface area (Å²) in [5.41, 5.74) is 3.12. The second kappa shape index (κ2) is 18.0. The second-order valence-electron chi connectivity index (χ2n) is 7.44. The summed E-state index contributed by atoms with van der Waals surface area (Å²) in [7, 11) is -10.7. The molecule has 7 nitrogen and oxygen atoms in total. The molecule has 0 amide bonds. The molecule has 170 valence electrons. The van der Waals surface area contributed by atoms with Gasteiger partial charge in [0.05, 0.1) is 4.99 Å². The van der Waals surface area contributed by atoms with Crippen molar-refractivity contribution in [3.05, 3.63) is 95.6 Å². The minimum atomic E-state index is -5.53. The van der Waals surface area contributed by atoms with Gasteiger partial charge < -0.3 is 23.6 Å². The Hall–Kier alpha value is 2.43. The molecule has 3 aromatic carbocycles. The van der Waals surface area contributed by atoms with Crippen LogP contribution in [0, 0.1) is 0 Å². The van der Waals surface area contributed by atoms with E-state index in [-0.39, 0.29) is 161 Å². The summed E-state index contributed by atoms with van der Waals surface area (Å²) >= 11 is 0. The summed E-state index contributed by atoms with van der Waals surface area (Å²) in [6, 6.07) is 24.8. The first-order chi connectivity index (χ1) is 15.1. The molecule has 1 atom stereocenters. The van der Waals surface area contributed by atoms with E-state index < -0.39 is 29.1 Å². The summed E-state index contributed by atoms with van der Waals surface area (Å²) in [6.07, 6.45) is 0.623. The molecule has 0 spiro atoms. The largest absolute Gasteiger partial charge is 1.00 e. The third-order valence-corrected chi connectivity index (χ3v) is 8.33. The average Bonchev–Trinajstić information content (AvgIpc) is 2.72. The Labute approximate surface area is 334 Å². The van der Waals surface area contributed by atoms with Crippen molar-refractivity contribution >= 4 is 17.7 Å². The molecule has 3 aromatic rings. The summed E-state index contributed by atoms with van der Waals surface area (Å²) in [5.74, 6) is 1.21. The van der Waals surface area contributed by atoms with Gasteiger partial charge in [0, 0.05) is 0 Å². The molecule has 0 bridgehead atoms. The van der Waals surface area contributed by atoms with Crippen LogP contribution in [0.1, 0.15) is 29.5 Å². The maximum absolute atomic E-state index is 11.1. The Morgan fingerprint density at radius 1 is 0.771 bits per heavy atom. The molecule has 3 rings (SSSR count). The van der Waals surface area contributed by atoms with Crippen LogP contribution in [0.4, 0.5) is 0 Å². The first-order valence-electron chi connectivity index (χ1n) is 9.97. The van der Waals surface area contributed by atoms with Crippen molar-refractivity contribution in [3.8, 4) is 11.5 Å². The van der Waals surface area contributed by atoms with Crippen LogP contribution in [0.3, 0.4) is 0 Å². The van der Waals surface area contributed by atoms with E-state index in [2.05, 4.69) is 12.1 Å². The van der Waals surface area contributed by atoms with Crippen LogP contribution in [-0.2, 0) is 27.5 Å². The van der Waals surface area contributed by atoms with E-state index in [0.717, 1.165) is 17.5 Å². The van der Waals surface area contributed by atoms with Crippen LogP contribution in [0.15, 0.2) is 78.9 Å². The Balaban J connectivity index is 0.00000385. The number of ether oxygens (including phenoxy) is 1. The fourth-order valence-corrected chi connectivity index (χ4v) is 5.57. The van der Waals surface area contributed by atoms with Crippen LogP contribution in [0.5, 0.6) is 11.5 Å². The second-order valence-corrected chi connectivity index (χ2v) is 11.0. The van der Waals surface area contributed by atoms with Crippen molar-refractivity contribution in [2.24, 2.45) is 0 Å². The van der Waals surface area contributed by atoms with Gasteiger partial charge in [0.1, 0.15) is 21.6 Å². The number of benzene rings is 3. The molecule has 0 radical (unpaired) electrons. The van der Waals surface area contributed by atoms with Gasteiger partial charge in [-0.3, -0.25) is 0 Å². The van der Waals surface area contributed by atoms with Crippen molar-refractivity contribution in [1.82, 2.24) is 0 Å². The van der Waals surface area contributed by atoms with Crippen molar-refractivity contribution in [1.29, 1.82) is 0 Å². The monoisotopic (exact) mass is 590 g/mol. The van der Waals surface area contributed by atoms with E-state index in [4.69, 9.17) is 4.74 Å². The van der Waals surface area contributed by atoms with Gasteiger partial charge in [0.2, 0.25) is 0 Å². The maximum Gasteiger partial charge on any atom is 1.00 e. The molecule has 0 aliphatic heterocycles. The molecular formula is C23H22K3O7PS. The predicted octanol–water partition coefficient (Wildman–Crippen LogP) is -5.81. The van der Waals surface area contributed by atoms with Gasteiger partial charge in [0.15, 0.2) is 0 Å². The number of aryl methyl sites for hydroxylation is 1. The van der Waals surface area contributed by atoms with Gasteiger partial charge in [-0.05, 0) is 66.6 Å². The van der Waals surface area contributed by atoms with Crippen molar-refractivity contribution in [2.75, 3.05) is 0 Å². The first kappa shape index (κ1) is 37.4. The number of hydrogen-bond acceptors (Lipinski definition) is 7. The molecule has 0 saturated carbocycles. The van der Waals surface area contributed by atoms with Crippen LogP contribution in [0.2, 0.25) is 0 Å². The zero-order chi connectivity index (χ0) is 23.2. The van der Waals surface area contributed by atoms with Gasteiger partial charge >= 0.3 is 154 Å². The van der Waals surface area contributed by atoms with E-state index in [9.17, 15) is 27.3 Å². The molecule has 1 unspecified atom stereocenters. The average molecular weight is 591 g/mol. The van der Waals surface area contributed by atoms with Gasteiger partial charge in [-0.15, -0.1) is 0 Å². The summed E-state index contributed by atoms with van der Waals surface area (Å²) in [5, 5.41) is 0. The summed E-state index contributed by atoms with van der Waals surface area (Å²) in [6.45, 7) is 0. The Kier molecular flexibility index (Phi) is 19.2. The Bertz CT molecular complexity index is 1190. The molecular weight excluding hydrogens is 569 g/mol. The standard InChI is InChI=1S/C23H25O7PS.3K/c24-31(25,26)23(32(27,28)29)11-5-9-19-8-4-10-22(17-19)30-21-14-12-20(13-15-21)16-18-6-2-1-3-7-18;;;/h1-4,6-8,10,12-15,17,23H,5,9,11,16H2,(H2,24,25,26)(H,27,28,29);;;/q;3*+1/p-3. The normalized spacial score (nSPS) is 11.9. The SMILES string of the molecule is O=P([O-])([O-])C(CCCc1cccc(Oc2ccc(Cc3ccccc3)cc2)c1)S(=O)(=O)[O-].[K+].[K+].[K+]. The minimum Gasteiger partial charge on any atom is -0.810 e. The molecule has 0 aromatic heterocycles. The molecule has 0 aliphatic rings. The number of rotatable bonds is 10. The molecule has 0 heterocycles. The summed E-state index contributed by atoms with van der Waals surface area (Å²) < 4.78 is 50.1. The minimum absolute atomic E-state index is 0. The van der Waals surface area contributed by atoms with Crippen LogP contribution >= 0.6 is 7.60 Å². The van der Waals surface area contributed by atoms with E-state index >= 15 is 0 Å². The quantitative estimate of drug-likeness (QED) is 0.131. The van der Waals surface area contributed by atoms with E-state index in [1.807, 2.05) is 42.5 Å². The first-order valence-corrected chi connectivity index (χ1v) is 13.1. The maximum atomic E-state index is 11.1. The fourth-order valence-electron chi connectivity index (χ4n) is 3.35. The predicted molar refractivity (Wildman–Crippen MR) is 116 cm³/mol. The fraction of sp³-hybridized carbons (Fsp3) is 0.217. The van der Waals surface area contributed by atoms with Gasteiger partial charge in [-0.1, -0.05) is 62.2 Å². The van der Waals surface area contributed by atoms with E-state index in [1.54, 1.807) is 24.3 Å². The van der Waals surface area contributed by atoms with Crippen molar-refractivity contribution in [3.63, 3.8) is 0 Å². The molecule has 12 heteroatoms. The molecule has 0 aliphatic carbocycles. The topological polar surface area (TPSA) is 130 Å². The number of hydrogen-bond donors (Lipinski definition) is 0. The molecule has 0 saturated heterocycles. The summed E-state index contributed by atoms with van der Waals surface area (Å²) in [4.78, 5) is 19.7. The van der Waals surface area contributed by atoms with Gasteiger partial charge in [-0.25, -0.2) is 8.42 Å². The molecule has 0 N–H and O–H groups in total. The van der Waals surface area contributed by atoms with Gasteiger partial charge in [-0.2, -0.15) is 0 Å². The van der Waals surface area contributed by atoms with Gasteiger partial charge in [0.25, 0.3) is 0 Å². The van der Waals surface area contributed by atoms with Crippen molar-refractivity contribution in [2.45, 2.75) is 30.7 Å². The van der Waals surface area contributed by atoms with Crippen LogP contribution in [-0.4, -0.2) is 18.0 Å². The Morgan fingerprint density at radius 3 is 1.91 bits per heavy atom. The zero-order valence-electron chi connectivity index (χ0n) is 20.1. The third kappa shape index (κ3) is 13.6. The van der Waals surface area contributed by atoms with Crippen LogP contribution < -0.4 is 169 Å². The third-order valence-electron chi connectivity index (χ3n) is 4.91. The Morgan fingerprint density at radius 2 is 1.34 bits per heavy atom. The van der Waals surface area contributed by atoms with E-state index in [0.29, 0.717) is 17.9 Å². The van der Waals surface area contributed by atoms with Crippen LogP contribution in [0.25, 0.3) is 0 Å². The van der Waals surface area contributed by atoms with E-state index in [1.165, 1.54) is 5.56 Å². The molecule has 35 heavy (non-hydrogen) atoms. The smallest absolute Gasteiger partial charge is 0.810 e.